The molecule has 0 radical (unpaired) electrons. The van der Waals surface area contributed by atoms with E-state index in [9.17, 15) is 4.79 Å². The van der Waals surface area contributed by atoms with Crippen molar-refractivity contribution in [3.05, 3.63) is 28.2 Å². The summed E-state index contributed by atoms with van der Waals surface area (Å²) < 4.78 is 6.13. The Morgan fingerprint density at radius 3 is 3.05 bits per heavy atom. The van der Waals surface area contributed by atoms with E-state index in [4.69, 9.17) is 4.74 Å². The lowest BCUT2D eigenvalue weighted by molar-refractivity contribution is -0.122. The quantitative estimate of drug-likeness (QED) is 0.892. The molecule has 104 valence electrons. The second-order valence-electron chi connectivity index (χ2n) is 4.69. The third kappa shape index (κ3) is 3.94. The Morgan fingerprint density at radius 2 is 2.32 bits per heavy atom. The van der Waals surface area contributed by atoms with Gasteiger partial charge in [0.25, 0.3) is 0 Å². The molecule has 0 bridgehead atoms. The average molecular weight is 327 g/mol. The normalized spacial score (nSPS) is 19.7. The van der Waals surface area contributed by atoms with Crippen LogP contribution in [0.3, 0.4) is 0 Å². The van der Waals surface area contributed by atoms with Gasteiger partial charge in [-0.05, 0) is 52.9 Å². The maximum Gasteiger partial charge on any atom is 0.237 e. The van der Waals surface area contributed by atoms with Gasteiger partial charge in [-0.2, -0.15) is 0 Å². The SMILES string of the molecule is COc1ccc(CN[C@@H]2CCCCNC2=O)cc1Br. The van der Waals surface area contributed by atoms with Gasteiger partial charge in [-0.25, -0.2) is 0 Å². The Balaban J connectivity index is 1.94. The number of nitrogens with one attached hydrogen (secondary N) is 2. The minimum Gasteiger partial charge on any atom is -0.496 e. The van der Waals surface area contributed by atoms with Crippen molar-refractivity contribution in [3.63, 3.8) is 0 Å². The summed E-state index contributed by atoms with van der Waals surface area (Å²) in [5, 5.41) is 6.25. The molecule has 0 saturated carbocycles. The van der Waals surface area contributed by atoms with E-state index in [1.165, 1.54) is 0 Å². The van der Waals surface area contributed by atoms with Crippen LogP contribution in [-0.4, -0.2) is 25.6 Å². The van der Waals surface area contributed by atoms with Gasteiger partial charge in [-0.15, -0.1) is 0 Å². The van der Waals surface area contributed by atoms with Gasteiger partial charge in [0.1, 0.15) is 5.75 Å². The first-order valence-electron chi connectivity index (χ1n) is 6.54. The lowest BCUT2D eigenvalue weighted by Crippen LogP contribution is -2.42. The summed E-state index contributed by atoms with van der Waals surface area (Å²) in [4.78, 5) is 11.8. The number of benzene rings is 1. The molecule has 1 heterocycles. The van der Waals surface area contributed by atoms with E-state index in [1.807, 2.05) is 18.2 Å². The molecule has 1 aromatic carbocycles. The molecule has 0 spiro atoms. The molecule has 2 rings (SSSR count). The number of hydrogen-bond acceptors (Lipinski definition) is 3. The van der Waals surface area contributed by atoms with E-state index in [0.29, 0.717) is 6.54 Å². The first-order valence-corrected chi connectivity index (χ1v) is 7.33. The predicted molar refractivity (Wildman–Crippen MR) is 78.2 cm³/mol. The highest BCUT2D eigenvalue weighted by molar-refractivity contribution is 9.10. The first-order chi connectivity index (χ1) is 9.20. The molecule has 1 saturated heterocycles. The number of carbonyl (C=O) groups is 1. The Labute approximate surface area is 122 Å². The van der Waals surface area contributed by atoms with Crippen LogP contribution in [0.25, 0.3) is 0 Å². The molecule has 0 unspecified atom stereocenters. The van der Waals surface area contributed by atoms with E-state index in [2.05, 4.69) is 26.6 Å². The molecule has 5 heteroatoms. The van der Waals surface area contributed by atoms with Gasteiger partial charge in [0, 0.05) is 13.1 Å². The maximum absolute atomic E-state index is 11.8. The minimum absolute atomic E-state index is 0.0802. The molecule has 19 heavy (non-hydrogen) atoms. The second-order valence-corrected chi connectivity index (χ2v) is 5.54. The highest BCUT2D eigenvalue weighted by atomic mass is 79.9. The van der Waals surface area contributed by atoms with Crippen molar-refractivity contribution >= 4 is 21.8 Å². The van der Waals surface area contributed by atoms with Crippen LogP contribution in [0.15, 0.2) is 22.7 Å². The Kier molecular flexibility index (Phi) is 5.22. The van der Waals surface area contributed by atoms with Crippen LogP contribution in [0, 0.1) is 0 Å². The molecular weight excluding hydrogens is 308 g/mol. The van der Waals surface area contributed by atoms with Crippen molar-refractivity contribution < 1.29 is 9.53 Å². The number of halogens is 1. The number of ether oxygens (including phenoxy) is 1. The number of rotatable bonds is 4. The summed E-state index contributed by atoms with van der Waals surface area (Å²) in [5.74, 6) is 0.932. The number of amides is 1. The van der Waals surface area contributed by atoms with E-state index in [1.54, 1.807) is 7.11 Å². The highest BCUT2D eigenvalue weighted by Crippen LogP contribution is 2.25. The average Bonchev–Trinajstić information content (AvgIpc) is 2.61. The summed E-state index contributed by atoms with van der Waals surface area (Å²) in [6.45, 7) is 1.48. The van der Waals surface area contributed by atoms with Gasteiger partial charge in [-0.1, -0.05) is 6.07 Å². The monoisotopic (exact) mass is 326 g/mol. The Hall–Kier alpha value is -1.07. The van der Waals surface area contributed by atoms with Crippen molar-refractivity contribution in [2.24, 2.45) is 0 Å². The minimum atomic E-state index is -0.0802. The molecule has 1 aliphatic heterocycles. The molecule has 0 aliphatic carbocycles. The van der Waals surface area contributed by atoms with Crippen LogP contribution in [0.2, 0.25) is 0 Å². The summed E-state index contributed by atoms with van der Waals surface area (Å²) >= 11 is 3.47. The molecule has 2 N–H and O–H groups in total. The summed E-state index contributed by atoms with van der Waals surface area (Å²) in [6.07, 6.45) is 3.06. The molecular formula is C14H19BrN2O2. The number of methoxy groups -OCH3 is 1. The fraction of sp³-hybridized carbons (Fsp3) is 0.500. The van der Waals surface area contributed by atoms with E-state index >= 15 is 0 Å². The van der Waals surface area contributed by atoms with Gasteiger partial charge in [-0.3, -0.25) is 4.79 Å². The lowest BCUT2D eigenvalue weighted by Gasteiger charge is -2.15. The van der Waals surface area contributed by atoms with Crippen LogP contribution < -0.4 is 15.4 Å². The first kappa shape index (κ1) is 14.3. The molecule has 1 amide bonds. The topological polar surface area (TPSA) is 50.4 Å². The van der Waals surface area contributed by atoms with Crippen molar-refractivity contribution in [1.82, 2.24) is 10.6 Å². The lowest BCUT2D eigenvalue weighted by atomic mass is 10.1. The molecule has 1 atom stereocenters. The molecule has 1 aromatic rings. The van der Waals surface area contributed by atoms with Gasteiger partial charge in [0.05, 0.1) is 17.6 Å². The zero-order valence-corrected chi connectivity index (χ0v) is 12.6. The van der Waals surface area contributed by atoms with E-state index in [-0.39, 0.29) is 11.9 Å². The zero-order valence-electron chi connectivity index (χ0n) is 11.0. The van der Waals surface area contributed by atoms with Gasteiger partial charge >= 0.3 is 0 Å². The smallest absolute Gasteiger partial charge is 0.237 e. The van der Waals surface area contributed by atoms with Crippen molar-refractivity contribution in [3.8, 4) is 5.75 Å². The highest BCUT2D eigenvalue weighted by Gasteiger charge is 2.19. The van der Waals surface area contributed by atoms with Crippen LogP contribution in [-0.2, 0) is 11.3 Å². The van der Waals surface area contributed by atoms with Crippen LogP contribution in [0.5, 0.6) is 5.75 Å². The molecule has 4 nitrogen and oxygen atoms in total. The third-order valence-corrected chi connectivity index (χ3v) is 3.92. The summed E-state index contributed by atoms with van der Waals surface area (Å²) in [6, 6.07) is 5.86. The largest absolute Gasteiger partial charge is 0.496 e. The van der Waals surface area contributed by atoms with Crippen molar-refractivity contribution in [2.75, 3.05) is 13.7 Å². The molecule has 0 aromatic heterocycles. The molecule has 1 fully saturated rings. The third-order valence-electron chi connectivity index (χ3n) is 3.30. The number of carbonyl (C=O) groups excluding carboxylic acids is 1. The van der Waals surface area contributed by atoms with E-state index < -0.39 is 0 Å². The van der Waals surface area contributed by atoms with Crippen LogP contribution in [0.4, 0.5) is 0 Å². The predicted octanol–water partition coefficient (Wildman–Crippen LogP) is 2.22. The maximum atomic E-state index is 11.8. The Bertz CT molecular complexity index is 451. The molecule has 1 aliphatic rings. The van der Waals surface area contributed by atoms with Crippen molar-refractivity contribution in [2.45, 2.75) is 31.8 Å². The van der Waals surface area contributed by atoms with Gasteiger partial charge < -0.3 is 15.4 Å². The van der Waals surface area contributed by atoms with Gasteiger partial charge in [0.2, 0.25) is 5.91 Å². The van der Waals surface area contributed by atoms with E-state index in [0.717, 1.165) is 41.6 Å². The summed E-state index contributed by atoms with van der Waals surface area (Å²) in [7, 11) is 1.65. The van der Waals surface area contributed by atoms with Crippen molar-refractivity contribution in [1.29, 1.82) is 0 Å². The zero-order chi connectivity index (χ0) is 13.7. The standard InChI is InChI=1S/C14H19BrN2O2/c1-19-13-6-5-10(8-11(13)15)9-17-12-4-2-3-7-16-14(12)18/h5-6,8,12,17H,2-4,7,9H2,1H3,(H,16,18)/t12-/m1/s1. The number of hydrogen-bond donors (Lipinski definition) is 2. The Morgan fingerprint density at radius 1 is 1.47 bits per heavy atom. The van der Waals surface area contributed by atoms with Gasteiger partial charge in [0.15, 0.2) is 0 Å². The van der Waals surface area contributed by atoms with Crippen LogP contribution in [0.1, 0.15) is 24.8 Å². The fourth-order valence-corrected chi connectivity index (χ4v) is 2.78. The fourth-order valence-electron chi connectivity index (χ4n) is 2.20. The summed E-state index contributed by atoms with van der Waals surface area (Å²) in [5.41, 5.74) is 1.13. The van der Waals surface area contributed by atoms with Crippen LogP contribution >= 0.6 is 15.9 Å². The second kappa shape index (κ2) is 6.91.